The third kappa shape index (κ3) is 4.12. The SMILES string of the molecule is CCOc1cc([C@H]2C(C#N)=C(N)Oc3cc(N)ccc32)ccc1OCc1ccccc1. The van der Waals surface area contributed by atoms with Crippen molar-refractivity contribution in [2.45, 2.75) is 19.4 Å². The number of anilines is 1. The molecule has 31 heavy (non-hydrogen) atoms. The van der Waals surface area contributed by atoms with Crippen LogP contribution in [0.3, 0.4) is 0 Å². The summed E-state index contributed by atoms with van der Waals surface area (Å²) in [5.41, 5.74) is 15.6. The zero-order chi connectivity index (χ0) is 21.8. The van der Waals surface area contributed by atoms with E-state index < -0.39 is 5.92 Å². The van der Waals surface area contributed by atoms with Crippen LogP contribution in [0.1, 0.15) is 29.5 Å². The van der Waals surface area contributed by atoms with Crippen LogP contribution in [-0.4, -0.2) is 6.61 Å². The third-order valence-corrected chi connectivity index (χ3v) is 5.08. The quantitative estimate of drug-likeness (QED) is 0.578. The lowest BCUT2D eigenvalue weighted by molar-refractivity contribution is 0.269. The Bertz CT molecular complexity index is 1170. The summed E-state index contributed by atoms with van der Waals surface area (Å²) in [6.45, 7) is 2.82. The average Bonchev–Trinajstić information content (AvgIpc) is 2.78. The molecule has 0 aromatic heterocycles. The van der Waals surface area contributed by atoms with Gasteiger partial charge in [0.1, 0.15) is 24.0 Å². The molecular formula is C25H23N3O3. The number of nitrogen functional groups attached to an aromatic ring is 1. The number of fused-ring (bicyclic) bond motifs is 1. The van der Waals surface area contributed by atoms with Gasteiger partial charge in [0.2, 0.25) is 5.88 Å². The Labute approximate surface area is 181 Å². The summed E-state index contributed by atoms with van der Waals surface area (Å²) in [6.07, 6.45) is 0. The van der Waals surface area contributed by atoms with Crippen molar-refractivity contribution in [2.75, 3.05) is 12.3 Å². The number of hydrogen-bond donors (Lipinski definition) is 2. The molecule has 1 aliphatic heterocycles. The number of nitriles is 1. The van der Waals surface area contributed by atoms with Gasteiger partial charge < -0.3 is 25.7 Å². The number of nitrogens with zero attached hydrogens (tertiary/aromatic N) is 1. The molecule has 0 fully saturated rings. The van der Waals surface area contributed by atoms with Gasteiger partial charge in [-0.25, -0.2) is 0 Å². The fourth-order valence-electron chi connectivity index (χ4n) is 3.64. The summed E-state index contributed by atoms with van der Waals surface area (Å²) >= 11 is 0. The predicted octanol–water partition coefficient (Wildman–Crippen LogP) is 4.46. The molecule has 6 heteroatoms. The standard InChI is InChI=1S/C25H23N3O3/c1-2-29-23-12-17(8-11-21(23)30-15-16-6-4-3-5-7-16)24-19-10-9-18(27)13-22(19)31-25(28)20(24)14-26/h3-13,24H,2,15,27-28H2,1H3/t24-/m1/s1. The van der Waals surface area contributed by atoms with Crippen molar-refractivity contribution in [3.63, 3.8) is 0 Å². The number of nitrogens with two attached hydrogens (primary N) is 2. The normalized spacial score (nSPS) is 14.9. The smallest absolute Gasteiger partial charge is 0.205 e. The van der Waals surface area contributed by atoms with E-state index in [0.29, 0.717) is 41.7 Å². The first-order valence-corrected chi connectivity index (χ1v) is 10.0. The van der Waals surface area contributed by atoms with Crippen LogP contribution in [0.25, 0.3) is 0 Å². The monoisotopic (exact) mass is 413 g/mol. The minimum absolute atomic E-state index is 0.0768. The van der Waals surface area contributed by atoms with E-state index in [1.54, 1.807) is 12.1 Å². The first-order chi connectivity index (χ1) is 15.1. The lowest BCUT2D eigenvalue weighted by Gasteiger charge is -2.27. The largest absolute Gasteiger partial charge is 0.490 e. The summed E-state index contributed by atoms with van der Waals surface area (Å²) < 4.78 is 17.5. The van der Waals surface area contributed by atoms with Gasteiger partial charge >= 0.3 is 0 Å². The topological polar surface area (TPSA) is 104 Å². The number of allylic oxidation sites excluding steroid dienone is 1. The summed E-state index contributed by atoms with van der Waals surface area (Å²) in [6, 6.07) is 23.2. The first kappa shape index (κ1) is 20.2. The minimum atomic E-state index is -0.392. The summed E-state index contributed by atoms with van der Waals surface area (Å²) in [7, 11) is 0. The molecule has 0 aliphatic carbocycles. The van der Waals surface area contributed by atoms with Crippen LogP contribution in [0, 0.1) is 11.3 Å². The lowest BCUT2D eigenvalue weighted by Crippen LogP contribution is -2.21. The highest BCUT2D eigenvalue weighted by atomic mass is 16.5. The van der Waals surface area contributed by atoms with Gasteiger partial charge in [-0.15, -0.1) is 0 Å². The molecule has 0 unspecified atom stereocenters. The Morgan fingerprint density at radius 1 is 0.968 bits per heavy atom. The molecule has 156 valence electrons. The van der Waals surface area contributed by atoms with Crippen LogP contribution >= 0.6 is 0 Å². The van der Waals surface area contributed by atoms with E-state index in [9.17, 15) is 5.26 Å². The van der Waals surface area contributed by atoms with Crippen LogP contribution in [-0.2, 0) is 6.61 Å². The van der Waals surface area contributed by atoms with Gasteiger partial charge in [-0.2, -0.15) is 5.26 Å². The molecule has 4 rings (SSSR count). The van der Waals surface area contributed by atoms with Crippen LogP contribution in [0.15, 0.2) is 78.2 Å². The second kappa shape index (κ2) is 8.72. The molecule has 0 bridgehead atoms. The predicted molar refractivity (Wildman–Crippen MR) is 119 cm³/mol. The molecule has 0 radical (unpaired) electrons. The maximum Gasteiger partial charge on any atom is 0.205 e. The van der Waals surface area contributed by atoms with E-state index >= 15 is 0 Å². The Morgan fingerprint density at radius 3 is 2.52 bits per heavy atom. The Hall–Kier alpha value is -4.11. The van der Waals surface area contributed by atoms with Crippen LogP contribution in [0.5, 0.6) is 17.2 Å². The maximum atomic E-state index is 9.76. The molecule has 3 aromatic rings. The van der Waals surface area contributed by atoms with E-state index in [-0.39, 0.29) is 5.88 Å². The molecule has 3 aromatic carbocycles. The molecule has 0 amide bonds. The van der Waals surface area contributed by atoms with Gasteiger partial charge in [-0.05, 0) is 36.2 Å². The number of rotatable bonds is 6. The van der Waals surface area contributed by atoms with E-state index in [1.807, 2.05) is 61.5 Å². The van der Waals surface area contributed by atoms with Gasteiger partial charge in [-0.3, -0.25) is 0 Å². The number of benzene rings is 3. The van der Waals surface area contributed by atoms with E-state index in [4.69, 9.17) is 25.7 Å². The maximum absolute atomic E-state index is 9.76. The second-order valence-electron chi connectivity index (χ2n) is 7.14. The van der Waals surface area contributed by atoms with E-state index in [0.717, 1.165) is 16.7 Å². The van der Waals surface area contributed by atoms with Gasteiger partial charge in [0.15, 0.2) is 11.5 Å². The highest BCUT2D eigenvalue weighted by Crippen LogP contribution is 2.44. The molecule has 0 spiro atoms. The van der Waals surface area contributed by atoms with Crippen molar-refractivity contribution in [2.24, 2.45) is 5.73 Å². The molecule has 1 atom stereocenters. The molecule has 1 heterocycles. The summed E-state index contributed by atoms with van der Waals surface area (Å²) in [5.74, 6) is 1.47. The Kier molecular flexibility index (Phi) is 5.67. The van der Waals surface area contributed by atoms with Crippen molar-refractivity contribution in [3.8, 4) is 23.3 Å². The molecule has 6 nitrogen and oxygen atoms in total. The molecule has 4 N–H and O–H groups in total. The molecule has 0 saturated carbocycles. The van der Waals surface area contributed by atoms with Crippen LogP contribution < -0.4 is 25.7 Å². The van der Waals surface area contributed by atoms with Crippen molar-refractivity contribution >= 4 is 5.69 Å². The van der Waals surface area contributed by atoms with Crippen molar-refractivity contribution in [1.29, 1.82) is 5.26 Å². The van der Waals surface area contributed by atoms with Crippen molar-refractivity contribution in [3.05, 3.63) is 94.9 Å². The first-order valence-electron chi connectivity index (χ1n) is 10.0. The number of ether oxygens (including phenoxy) is 3. The lowest BCUT2D eigenvalue weighted by atomic mass is 9.83. The van der Waals surface area contributed by atoms with Crippen molar-refractivity contribution in [1.82, 2.24) is 0 Å². The molecule has 0 saturated heterocycles. The highest BCUT2D eigenvalue weighted by molar-refractivity contribution is 5.60. The van der Waals surface area contributed by atoms with Crippen molar-refractivity contribution < 1.29 is 14.2 Å². The zero-order valence-electron chi connectivity index (χ0n) is 17.2. The summed E-state index contributed by atoms with van der Waals surface area (Å²) in [4.78, 5) is 0. The second-order valence-corrected chi connectivity index (χ2v) is 7.14. The molecular weight excluding hydrogens is 390 g/mol. The third-order valence-electron chi connectivity index (χ3n) is 5.08. The van der Waals surface area contributed by atoms with E-state index in [1.165, 1.54) is 0 Å². The minimum Gasteiger partial charge on any atom is -0.490 e. The van der Waals surface area contributed by atoms with Gasteiger partial charge in [0.05, 0.1) is 12.5 Å². The summed E-state index contributed by atoms with van der Waals surface area (Å²) in [5, 5.41) is 9.76. The van der Waals surface area contributed by atoms with Crippen LogP contribution in [0.2, 0.25) is 0 Å². The fraction of sp³-hybridized carbons (Fsp3) is 0.160. The highest BCUT2D eigenvalue weighted by Gasteiger charge is 2.31. The Morgan fingerprint density at radius 2 is 1.77 bits per heavy atom. The van der Waals surface area contributed by atoms with Crippen LogP contribution in [0.4, 0.5) is 5.69 Å². The number of hydrogen-bond acceptors (Lipinski definition) is 6. The Balaban J connectivity index is 1.72. The molecule has 1 aliphatic rings. The average molecular weight is 413 g/mol. The van der Waals surface area contributed by atoms with Gasteiger partial charge in [0, 0.05) is 17.3 Å². The van der Waals surface area contributed by atoms with Gasteiger partial charge in [0.25, 0.3) is 0 Å². The van der Waals surface area contributed by atoms with E-state index in [2.05, 4.69) is 6.07 Å². The van der Waals surface area contributed by atoms with Gasteiger partial charge in [-0.1, -0.05) is 42.5 Å². The fourth-order valence-corrected chi connectivity index (χ4v) is 3.64. The zero-order valence-corrected chi connectivity index (χ0v) is 17.2.